The number of carbonyl (C=O) groups is 1. The highest BCUT2D eigenvalue weighted by Gasteiger charge is 2.18. The average molecular weight is 274 g/mol. The van der Waals surface area contributed by atoms with Crippen molar-refractivity contribution in [1.82, 2.24) is 4.31 Å². The molecule has 0 saturated heterocycles. The van der Waals surface area contributed by atoms with Crippen LogP contribution in [0.25, 0.3) is 0 Å². The molecule has 0 heterocycles. The fraction of sp³-hybridized carbons (Fsp3) is 0.364. The van der Waals surface area contributed by atoms with Crippen LogP contribution in [0.1, 0.15) is 6.92 Å². The summed E-state index contributed by atoms with van der Waals surface area (Å²) in [5.41, 5.74) is 0.420. The molecule has 7 heteroatoms. The molecule has 5 nitrogen and oxygen atoms in total. The van der Waals surface area contributed by atoms with Gasteiger partial charge in [0.25, 0.3) is 0 Å². The van der Waals surface area contributed by atoms with E-state index in [1.54, 1.807) is 0 Å². The number of halogens is 1. The molecule has 0 bridgehead atoms. The van der Waals surface area contributed by atoms with Crippen LogP contribution in [0.3, 0.4) is 0 Å². The molecule has 1 N–H and O–H groups in total. The lowest BCUT2D eigenvalue weighted by atomic mass is 10.3. The first-order valence-corrected chi connectivity index (χ1v) is 6.95. The van der Waals surface area contributed by atoms with Gasteiger partial charge in [0.2, 0.25) is 15.9 Å². The fourth-order valence-corrected chi connectivity index (χ4v) is 2.01. The zero-order valence-corrected chi connectivity index (χ0v) is 11.0. The molecular formula is C11H15FN2O3S. The van der Waals surface area contributed by atoms with Gasteiger partial charge < -0.3 is 5.32 Å². The summed E-state index contributed by atoms with van der Waals surface area (Å²) < 4.78 is 36.5. The molecule has 0 unspecified atom stereocenters. The second-order valence-corrected chi connectivity index (χ2v) is 6.08. The Morgan fingerprint density at radius 1 is 1.33 bits per heavy atom. The third kappa shape index (κ3) is 4.08. The Bertz CT molecular complexity index is 514. The number of benzene rings is 1. The molecule has 1 amide bonds. The maximum Gasteiger partial charge on any atom is 0.239 e. The van der Waals surface area contributed by atoms with Crippen molar-refractivity contribution in [2.45, 2.75) is 6.92 Å². The molecular weight excluding hydrogens is 259 g/mol. The number of anilines is 1. The number of rotatable bonds is 5. The predicted octanol–water partition coefficient (Wildman–Crippen LogP) is 1.05. The molecule has 0 fully saturated rings. The second-order valence-electron chi connectivity index (χ2n) is 3.71. The van der Waals surface area contributed by atoms with Gasteiger partial charge in [-0.2, -0.15) is 4.31 Å². The van der Waals surface area contributed by atoms with E-state index in [9.17, 15) is 17.6 Å². The Balaban J connectivity index is 2.60. The topological polar surface area (TPSA) is 66.5 Å². The van der Waals surface area contributed by atoms with Gasteiger partial charge in [-0.05, 0) is 31.2 Å². The lowest BCUT2D eigenvalue weighted by Gasteiger charge is -2.15. The summed E-state index contributed by atoms with van der Waals surface area (Å²) in [5.74, 6) is -0.937. The highest BCUT2D eigenvalue weighted by molar-refractivity contribution is 7.89. The number of hydrogen-bond donors (Lipinski definition) is 1. The minimum atomic E-state index is -3.38. The first-order valence-electron chi connectivity index (χ1n) is 5.34. The molecule has 0 aromatic heterocycles. The van der Waals surface area contributed by atoms with Crippen molar-refractivity contribution in [2.24, 2.45) is 0 Å². The molecule has 0 aliphatic rings. The number of hydrogen-bond acceptors (Lipinski definition) is 3. The summed E-state index contributed by atoms with van der Waals surface area (Å²) in [6.45, 7) is 1.23. The summed E-state index contributed by atoms with van der Waals surface area (Å²) in [6.07, 6.45) is 0. The zero-order chi connectivity index (χ0) is 13.8. The van der Waals surface area contributed by atoms with E-state index in [0.717, 1.165) is 4.31 Å². The first-order chi connectivity index (χ1) is 8.35. The van der Waals surface area contributed by atoms with Crippen molar-refractivity contribution in [3.05, 3.63) is 30.1 Å². The van der Waals surface area contributed by atoms with E-state index >= 15 is 0 Å². The Hall–Kier alpha value is -1.47. The van der Waals surface area contributed by atoms with Crippen LogP contribution in [0.2, 0.25) is 0 Å². The maximum absolute atomic E-state index is 12.6. The van der Waals surface area contributed by atoms with Gasteiger partial charge in [-0.15, -0.1) is 0 Å². The van der Waals surface area contributed by atoms with E-state index in [-0.39, 0.29) is 12.3 Å². The molecule has 0 radical (unpaired) electrons. The van der Waals surface area contributed by atoms with Gasteiger partial charge in [0.1, 0.15) is 5.82 Å². The summed E-state index contributed by atoms with van der Waals surface area (Å²) in [4.78, 5) is 11.6. The smallest absolute Gasteiger partial charge is 0.239 e. The lowest BCUT2D eigenvalue weighted by molar-refractivity contribution is -0.116. The Labute approximate surface area is 106 Å². The van der Waals surface area contributed by atoms with Gasteiger partial charge in [-0.1, -0.05) is 0 Å². The molecule has 1 rings (SSSR count). The monoisotopic (exact) mass is 274 g/mol. The number of carbonyl (C=O) groups excluding carboxylic acids is 1. The zero-order valence-electron chi connectivity index (χ0n) is 10.2. The highest BCUT2D eigenvalue weighted by Crippen LogP contribution is 2.08. The van der Waals surface area contributed by atoms with Crippen LogP contribution in [-0.4, -0.2) is 38.0 Å². The number of amides is 1. The Morgan fingerprint density at radius 2 is 1.89 bits per heavy atom. The SMILES string of the molecule is CCS(=O)(=O)N(C)CC(=O)Nc1ccc(F)cc1. The van der Waals surface area contributed by atoms with Crippen molar-refractivity contribution >= 4 is 21.6 Å². The molecule has 18 heavy (non-hydrogen) atoms. The van der Waals surface area contributed by atoms with Gasteiger partial charge in [0.15, 0.2) is 0 Å². The van der Waals surface area contributed by atoms with Crippen LogP contribution in [0, 0.1) is 5.82 Å². The molecule has 0 saturated carbocycles. The molecule has 0 atom stereocenters. The lowest BCUT2D eigenvalue weighted by Crippen LogP contribution is -2.35. The van der Waals surface area contributed by atoms with E-state index in [0.29, 0.717) is 5.69 Å². The van der Waals surface area contributed by atoms with Crippen molar-refractivity contribution in [2.75, 3.05) is 24.7 Å². The summed E-state index contributed by atoms with van der Waals surface area (Å²) >= 11 is 0. The van der Waals surface area contributed by atoms with Gasteiger partial charge in [0.05, 0.1) is 12.3 Å². The van der Waals surface area contributed by atoms with Crippen LogP contribution in [0.15, 0.2) is 24.3 Å². The van der Waals surface area contributed by atoms with Crippen molar-refractivity contribution in [3.8, 4) is 0 Å². The molecule has 0 aliphatic carbocycles. The van der Waals surface area contributed by atoms with Crippen LogP contribution >= 0.6 is 0 Å². The molecule has 1 aromatic rings. The molecule has 1 aromatic carbocycles. The average Bonchev–Trinajstić information content (AvgIpc) is 2.32. The highest BCUT2D eigenvalue weighted by atomic mass is 32.2. The summed E-state index contributed by atoms with van der Waals surface area (Å²) in [5, 5.41) is 2.48. The van der Waals surface area contributed by atoms with E-state index in [4.69, 9.17) is 0 Å². The van der Waals surface area contributed by atoms with E-state index < -0.39 is 21.7 Å². The third-order valence-electron chi connectivity index (χ3n) is 2.33. The Morgan fingerprint density at radius 3 is 2.39 bits per heavy atom. The van der Waals surface area contributed by atoms with Crippen LogP contribution in [0.5, 0.6) is 0 Å². The number of nitrogens with zero attached hydrogens (tertiary/aromatic N) is 1. The molecule has 100 valence electrons. The minimum Gasteiger partial charge on any atom is -0.325 e. The number of sulfonamides is 1. The van der Waals surface area contributed by atoms with Gasteiger partial charge >= 0.3 is 0 Å². The summed E-state index contributed by atoms with van der Waals surface area (Å²) in [7, 11) is -2.04. The van der Waals surface area contributed by atoms with Crippen molar-refractivity contribution in [3.63, 3.8) is 0 Å². The molecule has 0 aliphatic heterocycles. The third-order valence-corrected chi connectivity index (χ3v) is 4.14. The van der Waals surface area contributed by atoms with Crippen LogP contribution < -0.4 is 5.32 Å². The minimum absolute atomic E-state index is 0.0622. The molecule has 0 spiro atoms. The maximum atomic E-state index is 12.6. The first kappa shape index (κ1) is 14.6. The van der Waals surface area contributed by atoms with Crippen molar-refractivity contribution in [1.29, 1.82) is 0 Å². The van der Waals surface area contributed by atoms with Gasteiger partial charge in [-0.3, -0.25) is 4.79 Å². The summed E-state index contributed by atoms with van der Waals surface area (Å²) in [6, 6.07) is 5.23. The normalized spacial score (nSPS) is 11.6. The predicted molar refractivity (Wildman–Crippen MR) is 67.1 cm³/mol. The van der Waals surface area contributed by atoms with E-state index in [1.165, 1.54) is 38.2 Å². The number of nitrogens with one attached hydrogen (secondary N) is 1. The van der Waals surface area contributed by atoms with Gasteiger partial charge in [0, 0.05) is 12.7 Å². The Kier molecular flexibility index (Phi) is 4.80. The quantitative estimate of drug-likeness (QED) is 0.872. The van der Waals surface area contributed by atoms with Gasteiger partial charge in [-0.25, -0.2) is 12.8 Å². The van der Waals surface area contributed by atoms with E-state index in [2.05, 4.69) is 5.32 Å². The van der Waals surface area contributed by atoms with Crippen LogP contribution in [0.4, 0.5) is 10.1 Å². The largest absolute Gasteiger partial charge is 0.325 e. The van der Waals surface area contributed by atoms with E-state index in [1.807, 2.05) is 0 Å². The fourth-order valence-electron chi connectivity index (χ4n) is 1.25. The standard InChI is InChI=1S/C11H15FN2O3S/c1-3-18(16,17)14(2)8-11(15)13-10-6-4-9(12)5-7-10/h4-7H,3,8H2,1-2H3,(H,13,15). The second kappa shape index (κ2) is 5.92. The van der Waals surface area contributed by atoms with Crippen LogP contribution in [-0.2, 0) is 14.8 Å². The number of likely N-dealkylation sites (N-methyl/N-ethyl adjacent to an activating group) is 1. The van der Waals surface area contributed by atoms with Crippen molar-refractivity contribution < 1.29 is 17.6 Å².